The molecule has 0 fully saturated rings. The Bertz CT molecular complexity index is 716. The van der Waals surface area contributed by atoms with Crippen LogP contribution in [0.5, 0.6) is 5.75 Å². The first-order valence-electron chi connectivity index (χ1n) is 6.71. The van der Waals surface area contributed by atoms with Crippen LogP contribution in [-0.2, 0) is 11.3 Å². The Hall–Kier alpha value is -2.05. The molecule has 22 heavy (non-hydrogen) atoms. The molecule has 5 nitrogen and oxygen atoms in total. The zero-order valence-corrected chi connectivity index (χ0v) is 13.5. The molecule has 1 aliphatic heterocycles. The lowest BCUT2D eigenvalue weighted by Gasteiger charge is -2.13. The van der Waals surface area contributed by atoms with Crippen molar-refractivity contribution >= 4 is 40.5 Å². The summed E-state index contributed by atoms with van der Waals surface area (Å²) in [4.78, 5) is 18.0. The highest BCUT2D eigenvalue weighted by Gasteiger charge is 2.33. The van der Waals surface area contributed by atoms with Crippen LogP contribution in [0.3, 0.4) is 0 Å². The van der Waals surface area contributed by atoms with Gasteiger partial charge in [0, 0.05) is 9.90 Å². The average Bonchev–Trinajstić information content (AvgIpc) is 3.13. The Balaban J connectivity index is 1.81. The quantitative estimate of drug-likeness (QED) is 0.885. The molecule has 7 heteroatoms. The number of anilines is 1. The van der Waals surface area contributed by atoms with Crippen molar-refractivity contribution in [2.24, 2.45) is 0 Å². The van der Waals surface area contributed by atoms with Crippen molar-refractivity contribution in [1.29, 1.82) is 0 Å². The van der Waals surface area contributed by atoms with Crippen LogP contribution in [0.15, 0.2) is 35.7 Å². The van der Waals surface area contributed by atoms with E-state index in [4.69, 9.17) is 16.3 Å². The molecule has 1 amide bonds. The van der Waals surface area contributed by atoms with Gasteiger partial charge in [0.15, 0.2) is 12.3 Å². The van der Waals surface area contributed by atoms with Gasteiger partial charge >= 0.3 is 11.9 Å². The molecule has 1 aromatic carbocycles. The number of hydrogen-bond acceptors (Lipinski definition) is 4. The Kier molecular flexibility index (Phi) is 4.31. The van der Waals surface area contributed by atoms with Gasteiger partial charge in [0.2, 0.25) is 0 Å². The van der Waals surface area contributed by atoms with Gasteiger partial charge in [0.25, 0.3) is 0 Å². The molecule has 0 aliphatic carbocycles. The number of nitrogens with one attached hydrogen (secondary N) is 2. The minimum atomic E-state index is 0.0249. The van der Waals surface area contributed by atoms with E-state index in [0.29, 0.717) is 29.0 Å². The monoisotopic (exact) mass is 336 g/mol. The van der Waals surface area contributed by atoms with E-state index < -0.39 is 0 Å². The fraction of sp³-hybridized carbons (Fsp3) is 0.200. The number of guanidine groups is 1. The molecule has 2 heterocycles. The summed E-state index contributed by atoms with van der Waals surface area (Å²) in [6, 6.07) is 9.29. The maximum Gasteiger partial charge on any atom is 0.359 e. The molecule has 0 radical (unpaired) electrons. The summed E-state index contributed by atoms with van der Waals surface area (Å²) in [7, 11) is 1.59. The minimum Gasteiger partial charge on any atom is -0.493 e. The lowest BCUT2D eigenvalue weighted by Crippen LogP contribution is -2.72. The van der Waals surface area contributed by atoms with Crippen LogP contribution in [0, 0.1) is 0 Å². The van der Waals surface area contributed by atoms with Gasteiger partial charge in [-0.15, -0.1) is 11.3 Å². The van der Waals surface area contributed by atoms with E-state index in [9.17, 15) is 4.79 Å². The number of methoxy groups -OCH3 is 1. The largest absolute Gasteiger partial charge is 0.493 e. The highest BCUT2D eigenvalue weighted by Crippen LogP contribution is 2.28. The number of hydrogen-bond donors (Lipinski definition) is 2. The summed E-state index contributed by atoms with van der Waals surface area (Å²) in [6.45, 7) is 0.811. The van der Waals surface area contributed by atoms with Crippen LogP contribution < -0.4 is 15.0 Å². The molecular formula is C15H15ClN3O2S+. The average molecular weight is 337 g/mol. The van der Waals surface area contributed by atoms with E-state index in [-0.39, 0.29) is 12.5 Å². The third kappa shape index (κ3) is 3.08. The Morgan fingerprint density at radius 3 is 3.05 bits per heavy atom. The zero-order valence-electron chi connectivity index (χ0n) is 11.9. The lowest BCUT2D eigenvalue weighted by atomic mass is 10.3. The van der Waals surface area contributed by atoms with Gasteiger partial charge in [-0.3, -0.25) is 9.79 Å². The minimum absolute atomic E-state index is 0.0249. The van der Waals surface area contributed by atoms with Crippen LogP contribution in [0.4, 0.5) is 5.69 Å². The van der Waals surface area contributed by atoms with E-state index >= 15 is 0 Å². The topological polar surface area (TPSA) is 55.5 Å². The summed E-state index contributed by atoms with van der Waals surface area (Å²) in [6.07, 6.45) is 0. The number of carbonyl (C=O) groups is 1. The highest BCUT2D eigenvalue weighted by molar-refractivity contribution is 7.09. The first-order valence-corrected chi connectivity index (χ1v) is 7.97. The van der Waals surface area contributed by atoms with Gasteiger partial charge in [-0.2, -0.15) is 4.90 Å². The number of amides is 1. The lowest BCUT2D eigenvalue weighted by molar-refractivity contribution is -0.438. The van der Waals surface area contributed by atoms with Gasteiger partial charge in [-0.25, -0.2) is 5.32 Å². The second kappa shape index (κ2) is 6.37. The van der Waals surface area contributed by atoms with Gasteiger partial charge in [-0.1, -0.05) is 17.7 Å². The third-order valence-electron chi connectivity index (χ3n) is 3.29. The number of ether oxygens (including phenoxy) is 1. The predicted octanol–water partition coefficient (Wildman–Crippen LogP) is 1.30. The molecule has 1 aromatic heterocycles. The molecule has 0 unspecified atom stereocenters. The van der Waals surface area contributed by atoms with E-state index in [1.807, 2.05) is 17.5 Å². The number of halogens is 1. The van der Waals surface area contributed by atoms with Crippen LogP contribution in [0.2, 0.25) is 5.02 Å². The Labute approximate surface area is 137 Å². The Morgan fingerprint density at radius 1 is 1.45 bits per heavy atom. The Morgan fingerprint density at radius 2 is 2.32 bits per heavy atom. The van der Waals surface area contributed by atoms with Crippen LogP contribution in [0.25, 0.3) is 0 Å². The van der Waals surface area contributed by atoms with Crippen LogP contribution in [-0.4, -0.2) is 30.4 Å². The fourth-order valence-electron chi connectivity index (χ4n) is 2.22. The summed E-state index contributed by atoms with van der Waals surface area (Å²) in [5.41, 5.74) is 0.711. The van der Waals surface area contributed by atoms with Gasteiger partial charge in [0.1, 0.15) is 12.2 Å². The standard InChI is InChI=1S/C15H14ClN3O2S/c1-21-13-5-4-10(16)7-12(13)18-15-17-8-14(20)19(15)9-11-3-2-6-22-11/h2-7H,8-9H2,1H3,(H,17,18)/p+1. The molecule has 2 N–H and O–H groups in total. The maximum absolute atomic E-state index is 12.1. The first kappa shape index (κ1) is 14.9. The van der Waals surface area contributed by atoms with Crippen molar-refractivity contribution in [3.8, 4) is 5.75 Å². The molecule has 0 atom stereocenters. The zero-order chi connectivity index (χ0) is 15.5. The predicted molar refractivity (Wildman–Crippen MR) is 87.3 cm³/mol. The smallest absolute Gasteiger partial charge is 0.359 e. The van der Waals surface area contributed by atoms with Gasteiger partial charge in [-0.05, 0) is 29.6 Å². The summed E-state index contributed by atoms with van der Waals surface area (Å²) in [5, 5.41) is 5.79. The van der Waals surface area contributed by atoms with Crippen LogP contribution >= 0.6 is 22.9 Å². The van der Waals surface area contributed by atoms with Gasteiger partial charge < -0.3 is 4.74 Å². The molecule has 1 aliphatic rings. The van der Waals surface area contributed by atoms with Crippen molar-refractivity contribution < 1.29 is 14.5 Å². The summed E-state index contributed by atoms with van der Waals surface area (Å²) < 4.78 is 5.31. The molecule has 0 spiro atoms. The van der Waals surface area contributed by atoms with Gasteiger partial charge in [0.05, 0.1) is 7.11 Å². The second-order valence-electron chi connectivity index (χ2n) is 4.73. The summed E-state index contributed by atoms with van der Waals surface area (Å²) in [5.74, 6) is 1.32. The molecule has 114 valence electrons. The molecule has 0 saturated carbocycles. The number of thiophene rings is 1. The van der Waals surface area contributed by atoms with Crippen LogP contribution in [0.1, 0.15) is 4.88 Å². The summed E-state index contributed by atoms with van der Waals surface area (Å²) >= 11 is 7.66. The second-order valence-corrected chi connectivity index (χ2v) is 6.20. The molecule has 2 aromatic rings. The number of benzene rings is 1. The van der Waals surface area contributed by atoms with E-state index in [2.05, 4.69) is 10.3 Å². The maximum atomic E-state index is 12.1. The van der Waals surface area contributed by atoms with Crippen molar-refractivity contribution in [3.05, 3.63) is 45.6 Å². The van der Waals surface area contributed by atoms with Crippen molar-refractivity contribution in [1.82, 2.24) is 4.90 Å². The number of carbonyl (C=O) groups excluding carboxylic acids is 1. The van der Waals surface area contributed by atoms with E-state index in [0.717, 1.165) is 4.88 Å². The van der Waals surface area contributed by atoms with Crippen molar-refractivity contribution in [2.75, 3.05) is 19.0 Å². The SMILES string of the molecule is COc1ccc(Cl)cc1NC1=[NH+]CC(=O)N1Cc1cccs1. The normalized spacial score (nSPS) is 14.2. The van der Waals surface area contributed by atoms with Crippen molar-refractivity contribution in [3.63, 3.8) is 0 Å². The van der Waals surface area contributed by atoms with E-state index in [1.165, 1.54) is 0 Å². The van der Waals surface area contributed by atoms with E-state index in [1.54, 1.807) is 41.5 Å². The third-order valence-corrected chi connectivity index (χ3v) is 4.38. The fourth-order valence-corrected chi connectivity index (χ4v) is 3.08. The van der Waals surface area contributed by atoms with Crippen molar-refractivity contribution in [2.45, 2.75) is 6.54 Å². The molecular weight excluding hydrogens is 322 g/mol. The molecule has 0 bridgehead atoms. The number of rotatable bonds is 4. The highest BCUT2D eigenvalue weighted by atomic mass is 35.5. The number of nitrogens with zero attached hydrogens (tertiary/aromatic N) is 1. The molecule has 0 saturated heterocycles. The first-order chi connectivity index (χ1) is 10.7. The molecule has 3 rings (SSSR count).